The van der Waals surface area contributed by atoms with Crippen LogP contribution in [-0.2, 0) is 7.05 Å². The summed E-state index contributed by atoms with van der Waals surface area (Å²) in [5.74, 6) is 2.99. The molecular weight excluding hydrogens is 182 g/mol. The molecule has 2 aromatic rings. The SMILES string of the molecule is C#CC(C)c1c(C)n(C)c2ccccc12. The van der Waals surface area contributed by atoms with Gasteiger partial charge in [0.1, 0.15) is 0 Å². The first-order valence-electron chi connectivity index (χ1n) is 5.17. The van der Waals surface area contributed by atoms with Crippen LogP contribution in [0.4, 0.5) is 0 Å². The molecule has 0 amide bonds. The molecule has 15 heavy (non-hydrogen) atoms. The quantitative estimate of drug-likeness (QED) is 0.619. The van der Waals surface area contributed by atoms with Gasteiger partial charge < -0.3 is 4.57 Å². The first kappa shape index (κ1) is 9.86. The molecule has 0 radical (unpaired) electrons. The maximum absolute atomic E-state index is 5.51. The fourth-order valence-electron chi connectivity index (χ4n) is 2.18. The van der Waals surface area contributed by atoms with Crippen LogP contribution in [0.25, 0.3) is 10.9 Å². The van der Waals surface area contributed by atoms with Crippen molar-refractivity contribution < 1.29 is 0 Å². The highest BCUT2D eigenvalue weighted by atomic mass is 14.9. The number of terminal acetylenes is 1. The van der Waals surface area contributed by atoms with E-state index in [9.17, 15) is 0 Å². The predicted octanol–water partition coefficient (Wildman–Crippen LogP) is 3.22. The molecule has 0 N–H and O–H groups in total. The fourth-order valence-corrected chi connectivity index (χ4v) is 2.18. The van der Waals surface area contributed by atoms with Gasteiger partial charge in [0.05, 0.1) is 0 Å². The summed E-state index contributed by atoms with van der Waals surface area (Å²) in [5.41, 5.74) is 3.81. The molecule has 1 atom stereocenters. The molecule has 1 nitrogen and oxygen atoms in total. The smallest absolute Gasteiger partial charge is 0.0483 e. The first-order valence-corrected chi connectivity index (χ1v) is 5.17. The molecule has 0 spiro atoms. The molecule has 76 valence electrons. The summed E-state index contributed by atoms with van der Waals surface area (Å²) in [6, 6.07) is 8.40. The third kappa shape index (κ3) is 1.34. The topological polar surface area (TPSA) is 4.93 Å². The third-order valence-electron chi connectivity index (χ3n) is 3.13. The normalized spacial score (nSPS) is 12.7. The van der Waals surface area contributed by atoms with E-state index >= 15 is 0 Å². The van der Waals surface area contributed by atoms with Crippen LogP contribution in [-0.4, -0.2) is 4.57 Å². The van der Waals surface area contributed by atoms with E-state index in [4.69, 9.17) is 6.42 Å². The van der Waals surface area contributed by atoms with E-state index in [2.05, 4.69) is 55.6 Å². The number of para-hydroxylation sites is 1. The maximum Gasteiger partial charge on any atom is 0.0483 e. The van der Waals surface area contributed by atoms with E-state index in [0.717, 1.165) is 0 Å². The first-order chi connectivity index (χ1) is 7.16. The van der Waals surface area contributed by atoms with Gasteiger partial charge in [-0.05, 0) is 25.5 Å². The molecule has 0 aliphatic rings. The summed E-state index contributed by atoms with van der Waals surface area (Å²) in [6.07, 6.45) is 5.51. The fraction of sp³-hybridized carbons (Fsp3) is 0.286. The van der Waals surface area contributed by atoms with Crippen molar-refractivity contribution >= 4 is 10.9 Å². The molecule has 1 heterocycles. The number of aryl methyl sites for hydroxylation is 1. The van der Waals surface area contributed by atoms with Gasteiger partial charge in [-0.2, -0.15) is 0 Å². The molecule has 0 bridgehead atoms. The van der Waals surface area contributed by atoms with Crippen LogP contribution in [0.1, 0.15) is 24.1 Å². The van der Waals surface area contributed by atoms with E-state index < -0.39 is 0 Å². The van der Waals surface area contributed by atoms with Gasteiger partial charge in [-0.1, -0.05) is 24.1 Å². The minimum atomic E-state index is 0.177. The van der Waals surface area contributed by atoms with Gasteiger partial charge in [0.25, 0.3) is 0 Å². The molecule has 1 aromatic carbocycles. The van der Waals surface area contributed by atoms with Crippen LogP contribution in [0.15, 0.2) is 24.3 Å². The molecule has 2 rings (SSSR count). The second-order valence-corrected chi connectivity index (χ2v) is 3.96. The van der Waals surface area contributed by atoms with Crippen molar-refractivity contribution in [2.75, 3.05) is 0 Å². The van der Waals surface area contributed by atoms with Gasteiger partial charge in [-0.3, -0.25) is 0 Å². The summed E-state index contributed by atoms with van der Waals surface area (Å²) in [5, 5.41) is 1.28. The number of fused-ring (bicyclic) bond motifs is 1. The average Bonchev–Trinajstić information content (AvgIpc) is 2.52. The molecule has 0 saturated heterocycles. The second-order valence-electron chi connectivity index (χ2n) is 3.96. The second kappa shape index (κ2) is 3.47. The van der Waals surface area contributed by atoms with E-state index in [0.29, 0.717) is 0 Å². The van der Waals surface area contributed by atoms with Crippen LogP contribution in [0.5, 0.6) is 0 Å². The van der Waals surface area contributed by atoms with Gasteiger partial charge in [-0.25, -0.2) is 0 Å². The van der Waals surface area contributed by atoms with Gasteiger partial charge in [0.15, 0.2) is 0 Å². The van der Waals surface area contributed by atoms with Gasteiger partial charge in [0.2, 0.25) is 0 Å². The Morgan fingerprint density at radius 1 is 1.33 bits per heavy atom. The predicted molar refractivity (Wildman–Crippen MR) is 64.9 cm³/mol. The summed E-state index contributed by atoms with van der Waals surface area (Å²) in [4.78, 5) is 0. The molecule has 0 fully saturated rings. The van der Waals surface area contributed by atoms with Crippen molar-refractivity contribution in [3.05, 3.63) is 35.5 Å². The molecule has 1 heteroatoms. The van der Waals surface area contributed by atoms with Gasteiger partial charge >= 0.3 is 0 Å². The zero-order chi connectivity index (χ0) is 11.0. The Morgan fingerprint density at radius 2 is 2.00 bits per heavy atom. The van der Waals surface area contributed by atoms with Gasteiger partial charge in [-0.15, -0.1) is 6.42 Å². The Kier molecular flexibility index (Phi) is 2.28. The lowest BCUT2D eigenvalue weighted by atomic mass is 9.99. The summed E-state index contributed by atoms with van der Waals surface area (Å²) < 4.78 is 2.21. The lowest BCUT2D eigenvalue weighted by Gasteiger charge is -2.04. The van der Waals surface area contributed by atoms with E-state index in [1.807, 2.05) is 0 Å². The summed E-state index contributed by atoms with van der Waals surface area (Å²) in [6.45, 7) is 4.21. The highest BCUT2D eigenvalue weighted by Crippen LogP contribution is 2.30. The molecule has 0 aliphatic carbocycles. The van der Waals surface area contributed by atoms with Crippen molar-refractivity contribution in [1.29, 1.82) is 0 Å². The van der Waals surface area contributed by atoms with Crippen molar-refractivity contribution in [2.45, 2.75) is 19.8 Å². The number of nitrogens with zero attached hydrogens (tertiary/aromatic N) is 1. The van der Waals surface area contributed by atoms with Crippen LogP contribution in [0.3, 0.4) is 0 Å². The lowest BCUT2D eigenvalue weighted by Crippen LogP contribution is -1.94. The van der Waals surface area contributed by atoms with E-state index in [1.165, 1.54) is 22.2 Å². The Morgan fingerprint density at radius 3 is 2.67 bits per heavy atom. The van der Waals surface area contributed by atoms with Crippen LogP contribution in [0.2, 0.25) is 0 Å². The average molecular weight is 197 g/mol. The van der Waals surface area contributed by atoms with Gasteiger partial charge in [0, 0.05) is 29.6 Å². The monoisotopic (exact) mass is 197 g/mol. The zero-order valence-electron chi connectivity index (χ0n) is 9.41. The molecule has 0 saturated carbocycles. The van der Waals surface area contributed by atoms with Crippen molar-refractivity contribution in [2.24, 2.45) is 7.05 Å². The van der Waals surface area contributed by atoms with Crippen LogP contribution >= 0.6 is 0 Å². The molecule has 1 unspecified atom stereocenters. The Bertz CT molecular complexity index is 540. The zero-order valence-corrected chi connectivity index (χ0v) is 9.41. The molecular formula is C14H15N. The van der Waals surface area contributed by atoms with E-state index in [-0.39, 0.29) is 5.92 Å². The highest BCUT2D eigenvalue weighted by Gasteiger charge is 2.14. The Hall–Kier alpha value is -1.68. The van der Waals surface area contributed by atoms with Crippen molar-refractivity contribution in [3.63, 3.8) is 0 Å². The van der Waals surface area contributed by atoms with Crippen LogP contribution in [0, 0.1) is 19.3 Å². The number of hydrogen-bond donors (Lipinski definition) is 0. The Balaban J connectivity index is 2.85. The number of rotatable bonds is 1. The minimum absolute atomic E-state index is 0.177. The highest BCUT2D eigenvalue weighted by molar-refractivity contribution is 5.86. The van der Waals surface area contributed by atoms with E-state index in [1.54, 1.807) is 0 Å². The summed E-state index contributed by atoms with van der Waals surface area (Å²) >= 11 is 0. The van der Waals surface area contributed by atoms with Crippen molar-refractivity contribution in [1.82, 2.24) is 4.57 Å². The number of benzene rings is 1. The van der Waals surface area contributed by atoms with Crippen molar-refractivity contribution in [3.8, 4) is 12.3 Å². The largest absolute Gasteiger partial charge is 0.348 e. The third-order valence-corrected chi connectivity index (χ3v) is 3.13. The molecule has 0 aliphatic heterocycles. The Labute approximate surface area is 90.7 Å². The number of aromatic nitrogens is 1. The minimum Gasteiger partial charge on any atom is -0.348 e. The lowest BCUT2D eigenvalue weighted by molar-refractivity contribution is 0.883. The standard InChI is InChI=1S/C14H15N/c1-5-10(2)14-11(3)15(4)13-9-7-6-8-12(13)14/h1,6-10H,2-4H3. The molecule has 1 aromatic heterocycles. The summed E-state index contributed by atoms with van der Waals surface area (Å²) in [7, 11) is 2.09. The van der Waals surface area contributed by atoms with Crippen LogP contribution < -0.4 is 0 Å². The maximum atomic E-state index is 5.51. The number of hydrogen-bond acceptors (Lipinski definition) is 0.